The molecule has 4 N–H and O–H groups in total. The van der Waals surface area contributed by atoms with Crippen LogP contribution in [0.3, 0.4) is 0 Å². The zero-order chi connectivity index (χ0) is 4.50. The van der Waals surface area contributed by atoms with Gasteiger partial charge in [0.25, 0.3) is 0 Å². The Labute approximate surface area is 65.4 Å². The second kappa shape index (κ2) is 5.30. The van der Waals surface area contributed by atoms with Crippen molar-refractivity contribution >= 4 is 46.2 Å². The summed E-state index contributed by atoms with van der Waals surface area (Å²) in [4.78, 5) is 29.3. The van der Waals surface area contributed by atoms with Gasteiger partial charge in [-0.05, 0) is 11.0 Å². The third-order valence-corrected chi connectivity index (χ3v) is 0. The van der Waals surface area contributed by atoms with Gasteiger partial charge in [0.2, 0.25) is 0 Å². The molecular weight excluding hydrogens is 329 g/mol. The summed E-state index contributed by atoms with van der Waals surface area (Å²) in [7, 11) is -4.61. The summed E-state index contributed by atoms with van der Waals surface area (Å²) in [6.45, 7) is 0. The Balaban J connectivity index is -0.0000000800. The van der Waals surface area contributed by atoms with Gasteiger partial charge in [-0.2, -0.15) is 0 Å². The molecule has 7 heteroatoms. The van der Waals surface area contributed by atoms with E-state index in [9.17, 15) is 0 Å². The van der Waals surface area contributed by atoms with Crippen molar-refractivity contribution in [1.29, 1.82) is 0 Å². The summed E-state index contributed by atoms with van der Waals surface area (Å²) in [5.41, 5.74) is 0. The molecule has 0 aromatic rings. The standard InChI is InChI=1S/Bi.H4O4Si.H3Si.2H/c;1-5(2,3)4;;;/h;1-4H;1H3;;. The first-order chi connectivity index (χ1) is 2.00. The molecule has 0 unspecified atom stereocenters. The summed E-state index contributed by atoms with van der Waals surface area (Å²) in [6, 6.07) is 0. The van der Waals surface area contributed by atoms with Crippen LogP contribution in [-0.4, -0.2) is 65.4 Å². The minimum Gasteiger partial charge on any atom is -0.0125 e. The maximum Gasteiger partial charge on any atom is -0.0125 e. The first-order valence-electron chi connectivity index (χ1n) is 0.894. The molecule has 0 aromatic carbocycles. The molecule has 0 aromatic heterocycles. The van der Waals surface area contributed by atoms with Gasteiger partial charge in [-0.15, -0.1) is 0 Å². The third kappa shape index (κ3) is 142. The molecule has 0 fully saturated rings. The fourth-order valence-corrected chi connectivity index (χ4v) is 0. The molecule has 0 spiro atoms. The predicted octanol–water partition coefficient (Wildman–Crippen LogP) is -4.71. The van der Waals surface area contributed by atoms with Crippen molar-refractivity contribution in [3.05, 3.63) is 0 Å². The smallest absolute Gasteiger partial charge is 0.0125 e. The molecule has 0 bridgehead atoms. The first-order valence-corrected chi connectivity index (χ1v) is 2.68. The summed E-state index contributed by atoms with van der Waals surface area (Å²) in [5.74, 6) is 0. The van der Waals surface area contributed by atoms with Gasteiger partial charge in [-0.1, -0.05) is 0 Å². The Bertz CT molecular complexity index is 25.2. The van der Waals surface area contributed by atoms with E-state index in [1.165, 1.54) is 0 Å². The Morgan fingerprint density at radius 2 is 0.857 bits per heavy atom. The van der Waals surface area contributed by atoms with Gasteiger partial charge in [0.05, 0.1) is 0 Å². The number of hydrogen-bond acceptors (Lipinski definition) is 4. The molecule has 0 atom stereocenters. The van der Waals surface area contributed by atoms with Crippen LogP contribution in [0.15, 0.2) is 0 Å². The molecule has 0 saturated carbocycles. The van der Waals surface area contributed by atoms with E-state index in [0.29, 0.717) is 0 Å². The van der Waals surface area contributed by atoms with Crippen molar-refractivity contribution in [2.24, 2.45) is 0 Å². The topological polar surface area (TPSA) is 80.9 Å². The molecule has 0 heterocycles. The van der Waals surface area contributed by atoms with Gasteiger partial charge >= 0.3 is 35.3 Å². The monoisotopic (exact) mass is 338 g/mol. The van der Waals surface area contributed by atoms with Crippen LogP contribution in [0.25, 0.3) is 0 Å². The van der Waals surface area contributed by atoms with E-state index < -0.39 is 9.05 Å². The average molecular weight is 338 g/mol. The van der Waals surface area contributed by atoms with Gasteiger partial charge in [0.15, 0.2) is 0 Å². The van der Waals surface area contributed by atoms with Crippen molar-refractivity contribution in [2.75, 3.05) is 0 Å². The maximum atomic E-state index is 7.33. The maximum absolute atomic E-state index is 7.33. The van der Waals surface area contributed by atoms with Gasteiger partial charge in [0, 0.05) is 0 Å². The molecule has 0 rings (SSSR count). The summed E-state index contributed by atoms with van der Waals surface area (Å²) >= 11 is 0. The van der Waals surface area contributed by atoms with Gasteiger partial charge in [-0.3, -0.25) is 0 Å². The molecule has 0 aliphatic carbocycles. The normalized spacial score (nSPS) is 8.57. The van der Waals surface area contributed by atoms with Crippen LogP contribution in [0.1, 0.15) is 0 Å². The molecule has 4 nitrogen and oxygen atoms in total. The van der Waals surface area contributed by atoms with E-state index in [0.717, 1.165) is 0 Å². The molecule has 7 heavy (non-hydrogen) atoms. The van der Waals surface area contributed by atoms with Crippen molar-refractivity contribution in [2.45, 2.75) is 0 Å². The predicted molar refractivity (Wildman–Crippen MR) is 33.1 cm³/mol. The van der Waals surface area contributed by atoms with E-state index in [-0.39, 0.29) is 37.2 Å². The molecule has 0 amide bonds. The van der Waals surface area contributed by atoms with Crippen LogP contribution < -0.4 is 0 Å². The van der Waals surface area contributed by atoms with E-state index in [1.807, 2.05) is 0 Å². The fraction of sp³-hybridized carbons (Fsp3) is 0. The zero-order valence-electron chi connectivity index (χ0n) is 3.87. The van der Waals surface area contributed by atoms with Crippen LogP contribution in [0.2, 0.25) is 0 Å². The molecule has 0 saturated heterocycles. The van der Waals surface area contributed by atoms with Crippen molar-refractivity contribution in [3.63, 3.8) is 0 Å². The second-order valence-corrected chi connectivity index (χ2v) is 1.80. The SMILES string of the molecule is O[Si](O)(O)O.[BiH2].[SiH3]. The van der Waals surface area contributed by atoms with Gasteiger partial charge in [0.1, 0.15) is 0 Å². The van der Waals surface area contributed by atoms with E-state index in [1.54, 1.807) is 0 Å². The zero-order valence-corrected chi connectivity index (χ0v) is 11.4. The van der Waals surface area contributed by atoms with Crippen LogP contribution in [0.5, 0.6) is 0 Å². The van der Waals surface area contributed by atoms with Crippen molar-refractivity contribution in [1.82, 2.24) is 0 Å². The van der Waals surface area contributed by atoms with Crippen LogP contribution in [0, 0.1) is 0 Å². The van der Waals surface area contributed by atoms with Crippen LogP contribution in [0.4, 0.5) is 0 Å². The van der Waals surface area contributed by atoms with Crippen molar-refractivity contribution in [3.8, 4) is 0 Å². The minimum atomic E-state index is -4.61. The second-order valence-electron chi connectivity index (χ2n) is 0.600. The van der Waals surface area contributed by atoms with Gasteiger partial charge in [-0.25, -0.2) is 0 Å². The molecule has 0 aliphatic rings. The molecule has 2 radical (unpaired) electrons. The summed E-state index contributed by atoms with van der Waals surface area (Å²) in [5, 5.41) is 0. The average Bonchev–Trinajstić information content (AvgIpc) is 0.722. The quantitative estimate of drug-likeness (QED) is 0.335. The Morgan fingerprint density at radius 3 is 0.857 bits per heavy atom. The van der Waals surface area contributed by atoms with E-state index in [2.05, 4.69) is 0 Å². The first kappa shape index (κ1) is 15.7. The molecular formula is H9BiO4Si2. The summed E-state index contributed by atoms with van der Waals surface area (Å²) in [6.07, 6.45) is 0. The Morgan fingerprint density at radius 1 is 0.857 bits per heavy atom. The Kier molecular flexibility index (Phi) is 11.9. The molecule has 46 valence electrons. The number of rotatable bonds is 0. The minimum absolute atomic E-state index is 0. The van der Waals surface area contributed by atoms with E-state index >= 15 is 0 Å². The van der Waals surface area contributed by atoms with Crippen LogP contribution >= 0.6 is 0 Å². The van der Waals surface area contributed by atoms with Crippen LogP contribution in [-0.2, 0) is 0 Å². The summed E-state index contributed by atoms with van der Waals surface area (Å²) < 4.78 is 0. The molecule has 0 aliphatic heterocycles. The largest absolute Gasteiger partial charge is 0.0125 e. The van der Waals surface area contributed by atoms with Gasteiger partial charge < -0.3 is 19.2 Å². The number of hydrogen-bond donors (Lipinski definition) is 4. The fourth-order valence-electron chi connectivity index (χ4n) is 0. The third-order valence-electron chi connectivity index (χ3n) is 0. The van der Waals surface area contributed by atoms with Crippen molar-refractivity contribution < 1.29 is 19.2 Å². The van der Waals surface area contributed by atoms with E-state index in [4.69, 9.17) is 19.2 Å². The Hall–Kier alpha value is 1.16.